The normalized spacial score (nSPS) is 18.5. The number of aryl methyl sites for hydroxylation is 1. The Morgan fingerprint density at radius 3 is 2.82 bits per heavy atom. The molecule has 0 atom stereocenters. The Morgan fingerprint density at radius 1 is 1.35 bits per heavy atom. The van der Waals surface area contributed by atoms with Crippen LogP contribution in [-0.2, 0) is 6.54 Å². The van der Waals surface area contributed by atoms with E-state index in [1.807, 2.05) is 13.0 Å². The Balaban J connectivity index is 1.69. The highest BCUT2D eigenvalue weighted by Gasteiger charge is 2.15. The van der Waals surface area contributed by atoms with Gasteiger partial charge in [-0.15, -0.1) is 0 Å². The molecular weight excluding hydrogens is 210 g/mol. The maximum Gasteiger partial charge on any atom is 0.0544 e. The minimum absolute atomic E-state index is 0.844. The predicted molar refractivity (Wildman–Crippen MR) is 70.9 cm³/mol. The van der Waals surface area contributed by atoms with E-state index >= 15 is 0 Å². The van der Waals surface area contributed by atoms with Crippen LogP contribution >= 0.6 is 0 Å². The monoisotopic (exact) mass is 233 g/mol. The van der Waals surface area contributed by atoms with Crippen LogP contribution in [0.3, 0.4) is 0 Å². The Morgan fingerprint density at radius 2 is 2.12 bits per heavy atom. The smallest absolute Gasteiger partial charge is 0.0544 e. The molecular formula is C14H23N3. The van der Waals surface area contributed by atoms with Crippen molar-refractivity contribution in [2.45, 2.75) is 26.3 Å². The standard InChI is InChI=1S/C14H23N3/c1-12-4-3-5-14(16-12)11-15-10-13-6-8-17(2)9-7-13/h3-5,13,15H,6-11H2,1-2H3. The molecule has 2 rings (SSSR count). The van der Waals surface area contributed by atoms with E-state index in [9.17, 15) is 0 Å². The summed E-state index contributed by atoms with van der Waals surface area (Å²) in [6.07, 6.45) is 2.65. The van der Waals surface area contributed by atoms with Crippen LogP contribution in [0.25, 0.3) is 0 Å². The fourth-order valence-corrected chi connectivity index (χ4v) is 2.37. The zero-order valence-corrected chi connectivity index (χ0v) is 10.9. The van der Waals surface area contributed by atoms with Gasteiger partial charge in [0, 0.05) is 12.2 Å². The van der Waals surface area contributed by atoms with Crippen molar-refractivity contribution in [3.8, 4) is 0 Å². The minimum Gasteiger partial charge on any atom is -0.311 e. The lowest BCUT2D eigenvalue weighted by Crippen LogP contribution is -2.34. The second kappa shape index (κ2) is 6.12. The highest BCUT2D eigenvalue weighted by molar-refractivity contribution is 5.09. The molecule has 1 aromatic rings. The number of piperidine rings is 1. The first-order valence-corrected chi connectivity index (χ1v) is 6.56. The van der Waals surface area contributed by atoms with Crippen molar-refractivity contribution in [2.24, 2.45) is 5.92 Å². The van der Waals surface area contributed by atoms with Crippen LogP contribution < -0.4 is 5.32 Å². The molecule has 0 bridgehead atoms. The van der Waals surface area contributed by atoms with Crippen molar-refractivity contribution < 1.29 is 0 Å². The van der Waals surface area contributed by atoms with Crippen LogP contribution in [0, 0.1) is 12.8 Å². The van der Waals surface area contributed by atoms with Crippen molar-refractivity contribution in [1.82, 2.24) is 15.2 Å². The van der Waals surface area contributed by atoms with Gasteiger partial charge >= 0.3 is 0 Å². The fraction of sp³-hybridized carbons (Fsp3) is 0.643. The number of likely N-dealkylation sites (tertiary alicyclic amines) is 1. The highest BCUT2D eigenvalue weighted by atomic mass is 15.1. The molecule has 0 amide bonds. The van der Waals surface area contributed by atoms with Gasteiger partial charge in [-0.05, 0) is 64.5 Å². The SMILES string of the molecule is Cc1cccc(CNCC2CCN(C)CC2)n1. The molecule has 0 radical (unpaired) electrons. The lowest BCUT2D eigenvalue weighted by atomic mass is 9.97. The number of nitrogens with one attached hydrogen (secondary N) is 1. The summed E-state index contributed by atoms with van der Waals surface area (Å²) in [5.74, 6) is 0.844. The topological polar surface area (TPSA) is 28.2 Å². The zero-order valence-electron chi connectivity index (χ0n) is 10.9. The molecule has 1 saturated heterocycles. The van der Waals surface area contributed by atoms with Gasteiger partial charge in [0.05, 0.1) is 5.69 Å². The molecule has 1 aliphatic heterocycles. The first kappa shape index (κ1) is 12.5. The third kappa shape index (κ3) is 4.10. The first-order valence-electron chi connectivity index (χ1n) is 6.56. The van der Waals surface area contributed by atoms with Crippen molar-refractivity contribution in [1.29, 1.82) is 0 Å². The number of aromatic nitrogens is 1. The van der Waals surface area contributed by atoms with E-state index in [4.69, 9.17) is 0 Å². The highest BCUT2D eigenvalue weighted by Crippen LogP contribution is 2.14. The van der Waals surface area contributed by atoms with Crippen LogP contribution in [0.2, 0.25) is 0 Å². The molecule has 2 heterocycles. The van der Waals surface area contributed by atoms with E-state index in [0.717, 1.165) is 30.4 Å². The summed E-state index contributed by atoms with van der Waals surface area (Å²) in [5.41, 5.74) is 2.25. The maximum atomic E-state index is 4.50. The van der Waals surface area contributed by atoms with E-state index in [1.54, 1.807) is 0 Å². The van der Waals surface area contributed by atoms with Gasteiger partial charge < -0.3 is 10.2 Å². The van der Waals surface area contributed by atoms with Crippen LogP contribution in [-0.4, -0.2) is 36.6 Å². The number of rotatable bonds is 4. The van der Waals surface area contributed by atoms with Crippen molar-refractivity contribution >= 4 is 0 Å². The summed E-state index contributed by atoms with van der Waals surface area (Å²) in [6.45, 7) is 6.56. The summed E-state index contributed by atoms with van der Waals surface area (Å²) in [4.78, 5) is 6.91. The lowest BCUT2D eigenvalue weighted by molar-refractivity contribution is 0.216. The lowest BCUT2D eigenvalue weighted by Gasteiger charge is -2.29. The molecule has 3 heteroatoms. The maximum absolute atomic E-state index is 4.50. The van der Waals surface area contributed by atoms with Crippen LogP contribution in [0.15, 0.2) is 18.2 Å². The van der Waals surface area contributed by atoms with Gasteiger partial charge in [0.1, 0.15) is 0 Å². The molecule has 1 aromatic heterocycles. The molecule has 0 saturated carbocycles. The minimum atomic E-state index is 0.844. The second-order valence-electron chi connectivity index (χ2n) is 5.15. The Hall–Kier alpha value is -0.930. The molecule has 3 nitrogen and oxygen atoms in total. The molecule has 1 N–H and O–H groups in total. The number of hydrogen-bond acceptors (Lipinski definition) is 3. The van der Waals surface area contributed by atoms with Crippen molar-refractivity contribution in [2.75, 3.05) is 26.7 Å². The first-order chi connectivity index (χ1) is 8.24. The van der Waals surface area contributed by atoms with Gasteiger partial charge in [-0.1, -0.05) is 6.07 Å². The summed E-state index contributed by atoms with van der Waals surface area (Å²) in [7, 11) is 2.21. The number of hydrogen-bond donors (Lipinski definition) is 1. The van der Waals surface area contributed by atoms with E-state index in [1.165, 1.54) is 25.9 Å². The zero-order chi connectivity index (χ0) is 12.1. The molecule has 17 heavy (non-hydrogen) atoms. The van der Waals surface area contributed by atoms with E-state index in [-0.39, 0.29) is 0 Å². The third-order valence-corrected chi connectivity index (χ3v) is 3.52. The van der Waals surface area contributed by atoms with Crippen LogP contribution in [0.5, 0.6) is 0 Å². The average molecular weight is 233 g/mol. The molecule has 0 spiro atoms. The Kier molecular flexibility index (Phi) is 4.51. The van der Waals surface area contributed by atoms with E-state index in [0.29, 0.717) is 0 Å². The van der Waals surface area contributed by atoms with Gasteiger partial charge in [0.2, 0.25) is 0 Å². The molecule has 1 fully saturated rings. The number of pyridine rings is 1. The Labute approximate surface area is 104 Å². The van der Waals surface area contributed by atoms with Crippen molar-refractivity contribution in [3.63, 3.8) is 0 Å². The van der Waals surface area contributed by atoms with Gasteiger partial charge in [0.15, 0.2) is 0 Å². The molecule has 0 unspecified atom stereocenters. The predicted octanol–water partition coefficient (Wildman–Crippen LogP) is 1.82. The van der Waals surface area contributed by atoms with E-state index in [2.05, 4.69) is 34.4 Å². The van der Waals surface area contributed by atoms with Crippen LogP contribution in [0.1, 0.15) is 24.2 Å². The van der Waals surface area contributed by atoms with Gasteiger partial charge in [-0.25, -0.2) is 0 Å². The summed E-state index contributed by atoms with van der Waals surface area (Å²) in [5, 5.41) is 3.53. The van der Waals surface area contributed by atoms with Gasteiger partial charge in [0.25, 0.3) is 0 Å². The fourth-order valence-electron chi connectivity index (χ4n) is 2.37. The number of nitrogens with zero attached hydrogens (tertiary/aromatic N) is 2. The molecule has 1 aliphatic rings. The quantitative estimate of drug-likeness (QED) is 0.860. The molecule has 0 aliphatic carbocycles. The van der Waals surface area contributed by atoms with Gasteiger partial charge in [-0.2, -0.15) is 0 Å². The van der Waals surface area contributed by atoms with Crippen molar-refractivity contribution in [3.05, 3.63) is 29.6 Å². The Bertz CT molecular complexity index is 343. The summed E-state index contributed by atoms with van der Waals surface area (Å²) in [6, 6.07) is 6.21. The average Bonchev–Trinajstić information content (AvgIpc) is 2.32. The summed E-state index contributed by atoms with van der Waals surface area (Å²) >= 11 is 0. The molecule has 94 valence electrons. The molecule has 0 aromatic carbocycles. The second-order valence-corrected chi connectivity index (χ2v) is 5.15. The largest absolute Gasteiger partial charge is 0.311 e. The summed E-state index contributed by atoms with van der Waals surface area (Å²) < 4.78 is 0. The van der Waals surface area contributed by atoms with Gasteiger partial charge in [-0.3, -0.25) is 4.98 Å². The van der Waals surface area contributed by atoms with Crippen LogP contribution in [0.4, 0.5) is 0 Å². The van der Waals surface area contributed by atoms with E-state index < -0.39 is 0 Å². The third-order valence-electron chi connectivity index (χ3n) is 3.52.